The molecule has 0 atom stereocenters. The van der Waals surface area contributed by atoms with Crippen molar-refractivity contribution >= 4 is 28.6 Å². The highest BCUT2D eigenvalue weighted by Crippen LogP contribution is 2.20. The maximum Gasteiger partial charge on any atom is 0.434 e. The lowest BCUT2D eigenvalue weighted by molar-refractivity contribution is 0.182. The normalized spacial score (nSPS) is 11.1. The van der Waals surface area contributed by atoms with Crippen molar-refractivity contribution in [3.8, 4) is 5.75 Å². The summed E-state index contributed by atoms with van der Waals surface area (Å²) < 4.78 is 14.8. The zero-order valence-corrected chi connectivity index (χ0v) is 13.2. The number of hydrogen-bond donors (Lipinski definition) is 1. The number of amides is 1. The van der Waals surface area contributed by atoms with Crippen molar-refractivity contribution in [1.29, 1.82) is 5.41 Å². The number of nitrogens with one attached hydrogen (secondary N) is 1. The largest absolute Gasteiger partial charge is 0.497 e. The molecule has 0 radical (unpaired) electrons. The first-order valence-electron chi connectivity index (χ1n) is 6.02. The van der Waals surface area contributed by atoms with Gasteiger partial charge in [-0.1, -0.05) is 0 Å². The molecule has 0 fully saturated rings. The maximum atomic E-state index is 11.2. The SMILES string of the molecule is COCc1cc(OC)cc(C(=N)C(=NC(=O)OC)SC)c1. The quantitative estimate of drug-likeness (QED) is 0.668. The Morgan fingerprint density at radius 1 is 1.29 bits per heavy atom. The minimum Gasteiger partial charge on any atom is -0.497 e. The predicted molar refractivity (Wildman–Crippen MR) is 83.9 cm³/mol. The Bertz CT molecular complexity index is 558. The molecule has 0 heterocycles. The van der Waals surface area contributed by atoms with E-state index in [0.717, 1.165) is 5.56 Å². The number of aliphatic imine (C=N–C) groups is 1. The molecule has 1 N–H and O–H groups in total. The molecule has 0 saturated heterocycles. The molecule has 6 nitrogen and oxygen atoms in total. The van der Waals surface area contributed by atoms with Gasteiger partial charge in [-0.05, 0) is 30.0 Å². The number of hydrogen-bond acceptors (Lipinski definition) is 6. The summed E-state index contributed by atoms with van der Waals surface area (Å²) in [5.74, 6) is 0.614. The van der Waals surface area contributed by atoms with Crippen molar-refractivity contribution in [2.75, 3.05) is 27.6 Å². The molecule has 7 heteroatoms. The fourth-order valence-electron chi connectivity index (χ4n) is 1.63. The van der Waals surface area contributed by atoms with Crippen molar-refractivity contribution < 1.29 is 19.0 Å². The highest BCUT2D eigenvalue weighted by molar-refractivity contribution is 8.15. The van der Waals surface area contributed by atoms with E-state index in [0.29, 0.717) is 17.9 Å². The molecular weight excluding hydrogens is 292 g/mol. The van der Waals surface area contributed by atoms with Crippen LogP contribution >= 0.6 is 11.8 Å². The Morgan fingerprint density at radius 3 is 2.52 bits per heavy atom. The summed E-state index contributed by atoms with van der Waals surface area (Å²) in [5, 5.41) is 8.48. The van der Waals surface area contributed by atoms with Crippen LogP contribution in [0.15, 0.2) is 23.2 Å². The molecule has 1 rings (SSSR count). The number of carbonyl (C=O) groups excluding carboxylic acids is 1. The average molecular weight is 310 g/mol. The summed E-state index contributed by atoms with van der Waals surface area (Å²) in [7, 11) is 4.39. The van der Waals surface area contributed by atoms with E-state index in [1.54, 1.807) is 32.6 Å². The molecule has 0 saturated carbocycles. The third-order valence-corrected chi connectivity index (χ3v) is 3.26. The highest BCUT2D eigenvalue weighted by atomic mass is 32.2. The van der Waals surface area contributed by atoms with Crippen LogP contribution in [0.3, 0.4) is 0 Å². The van der Waals surface area contributed by atoms with Gasteiger partial charge >= 0.3 is 6.09 Å². The van der Waals surface area contributed by atoms with E-state index in [1.807, 2.05) is 6.07 Å². The number of benzene rings is 1. The van der Waals surface area contributed by atoms with Gasteiger partial charge in [0.25, 0.3) is 0 Å². The van der Waals surface area contributed by atoms with Gasteiger partial charge in [0, 0.05) is 12.7 Å². The Hall–Kier alpha value is -1.86. The summed E-state index contributed by atoms with van der Waals surface area (Å²) in [6.07, 6.45) is 1.01. The maximum absolute atomic E-state index is 11.2. The molecule has 0 bridgehead atoms. The van der Waals surface area contributed by atoms with E-state index in [9.17, 15) is 4.79 Å². The molecule has 114 valence electrons. The molecule has 0 spiro atoms. The number of ether oxygens (including phenoxy) is 3. The van der Waals surface area contributed by atoms with E-state index in [-0.39, 0.29) is 10.8 Å². The third kappa shape index (κ3) is 4.87. The molecule has 0 aliphatic heterocycles. The lowest BCUT2D eigenvalue weighted by atomic mass is 10.1. The first kappa shape index (κ1) is 17.2. The number of carbonyl (C=O) groups is 1. The van der Waals surface area contributed by atoms with Crippen molar-refractivity contribution in [2.45, 2.75) is 6.61 Å². The standard InChI is InChI=1S/C14H18N2O4S/c1-18-8-9-5-10(7-11(6-9)19-2)12(15)13(21-4)16-14(17)20-3/h5-7,15H,8H2,1-4H3. The van der Waals surface area contributed by atoms with Crippen LogP contribution < -0.4 is 4.74 Å². The van der Waals surface area contributed by atoms with E-state index >= 15 is 0 Å². The van der Waals surface area contributed by atoms with E-state index in [2.05, 4.69) is 9.73 Å². The summed E-state index contributed by atoms with van der Waals surface area (Å²) in [6.45, 7) is 0.403. The average Bonchev–Trinajstić information content (AvgIpc) is 2.51. The molecule has 0 aliphatic carbocycles. The van der Waals surface area contributed by atoms with Crippen LogP contribution in [0.1, 0.15) is 11.1 Å². The van der Waals surface area contributed by atoms with Crippen molar-refractivity contribution in [1.82, 2.24) is 0 Å². The zero-order chi connectivity index (χ0) is 15.8. The lowest BCUT2D eigenvalue weighted by Gasteiger charge is -2.10. The van der Waals surface area contributed by atoms with Crippen LogP contribution in [0.5, 0.6) is 5.75 Å². The molecule has 1 amide bonds. The molecule has 0 aliphatic rings. The molecule has 21 heavy (non-hydrogen) atoms. The topological polar surface area (TPSA) is 81.0 Å². The van der Waals surface area contributed by atoms with Crippen LogP contribution in [-0.4, -0.2) is 44.4 Å². The van der Waals surface area contributed by atoms with Gasteiger partial charge in [-0.2, -0.15) is 4.99 Å². The van der Waals surface area contributed by atoms with Gasteiger partial charge in [0.15, 0.2) is 0 Å². The zero-order valence-electron chi connectivity index (χ0n) is 12.4. The molecule has 1 aromatic rings. The third-order valence-electron chi connectivity index (χ3n) is 2.58. The van der Waals surface area contributed by atoms with Crippen molar-refractivity contribution in [2.24, 2.45) is 4.99 Å². The smallest absolute Gasteiger partial charge is 0.434 e. The van der Waals surface area contributed by atoms with E-state index < -0.39 is 6.09 Å². The Labute approximate surface area is 128 Å². The number of methoxy groups -OCH3 is 3. The lowest BCUT2D eigenvalue weighted by Crippen LogP contribution is -2.13. The summed E-state index contributed by atoms with van der Waals surface area (Å²) >= 11 is 1.20. The van der Waals surface area contributed by atoms with Crippen LogP contribution in [-0.2, 0) is 16.1 Å². The van der Waals surface area contributed by atoms with Gasteiger partial charge < -0.3 is 14.2 Å². The highest BCUT2D eigenvalue weighted by Gasteiger charge is 2.13. The Balaban J connectivity index is 3.18. The van der Waals surface area contributed by atoms with E-state index in [4.69, 9.17) is 14.9 Å². The van der Waals surface area contributed by atoms with E-state index in [1.165, 1.54) is 18.9 Å². The minimum atomic E-state index is -0.732. The molecule has 0 unspecified atom stereocenters. The van der Waals surface area contributed by atoms with Crippen LogP contribution in [0, 0.1) is 5.41 Å². The van der Waals surface area contributed by atoms with Crippen LogP contribution in [0.2, 0.25) is 0 Å². The Kier molecular flexibility index (Phi) is 6.90. The summed E-state index contributed by atoms with van der Waals surface area (Å²) in [5.41, 5.74) is 1.60. The van der Waals surface area contributed by atoms with Gasteiger partial charge in [0.2, 0.25) is 0 Å². The van der Waals surface area contributed by atoms with Gasteiger partial charge in [0.05, 0.1) is 26.5 Å². The predicted octanol–water partition coefficient (Wildman–Crippen LogP) is 2.74. The fourth-order valence-corrected chi connectivity index (χ4v) is 2.12. The van der Waals surface area contributed by atoms with Crippen molar-refractivity contribution in [3.05, 3.63) is 29.3 Å². The molecule has 1 aromatic carbocycles. The van der Waals surface area contributed by atoms with Crippen LogP contribution in [0.4, 0.5) is 4.79 Å². The van der Waals surface area contributed by atoms with Gasteiger partial charge in [0.1, 0.15) is 10.8 Å². The number of thioether (sulfide) groups is 1. The second-order valence-corrected chi connectivity index (χ2v) is 4.76. The number of nitrogens with zero attached hydrogens (tertiary/aromatic N) is 1. The second-order valence-electron chi connectivity index (χ2n) is 3.97. The first-order valence-corrected chi connectivity index (χ1v) is 7.25. The monoisotopic (exact) mass is 310 g/mol. The number of rotatable bonds is 5. The molecule has 0 aromatic heterocycles. The minimum absolute atomic E-state index is 0.129. The van der Waals surface area contributed by atoms with Gasteiger partial charge in [-0.3, -0.25) is 5.41 Å². The first-order chi connectivity index (χ1) is 10.0. The van der Waals surface area contributed by atoms with Crippen molar-refractivity contribution in [3.63, 3.8) is 0 Å². The second kappa shape index (κ2) is 8.43. The Morgan fingerprint density at radius 2 is 2.00 bits per heavy atom. The summed E-state index contributed by atoms with van der Waals surface area (Å²) in [4.78, 5) is 15.0. The van der Waals surface area contributed by atoms with Gasteiger partial charge in [-0.15, -0.1) is 11.8 Å². The van der Waals surface area contributed by atoms with Gasteiger partial charge in [-0.25, -0.2) is 4.79 Å². The van der Waals surface area contributed by atoms with Crippen LogP contribution in [0.25, 0.3) is 0 Å². The molecular formula is C14H18N2O4S. The summed E-state index contributed by atoms with van der Waals surface area (Å²) in [6, 6.07) is 5.35. The fraction of sp³-hybridized carbons (Fsp3) is 0.357.